The van der Waals surface area contributed by atoms with Gasteiger partial charge in [-0.3, -0.25) is 0 Å². The van der Waals surface area contributed by atoms with Crippen LogP contribution >= 0.6 is 0 Å². The van der Waals surface area contributed by atoms with Crippen LogP contribution in [0.25, 0.3) is 0 Å². The summed E-state index contributed by atoms with van der Waals surface area (Å²) >= 11 is 0. The molecule has 0 saturated heterocycles. The van der Waals surface area contributed by atoms with Crippen molar-refractivity contribution in [1.82, 2.24) is 5.32 Å². The third-order valence-electron chi connectivity index (χ3n) is 4.96. The van der Waals surface area contributed by atoms with E-state index in [1.165, 1.54) is 51.6 Å². The maximum atomic E-state index is 3.74. The summed E-state index contributed by atoms with van der Waals surface area (Å²) in [7, 11) is 0. The van der Waals surface area contributed by atoms with Crippen molar-refractivity contribution in [2.45, 2.75) is 51.4 Å². The van der Waals surface area contributed by atoms with Gasteiger partial charge < -0.3 is 5.32 Å². The molecule has 0 amide bonds. The molecule has 0 radical (unpaired) electrons. The number of fused-ring (bicyclic) bond motifs is 1. The predicted octanol–water partition coefficient (Wildman–Crippen LogP) is 3.89. The van der Waals surface area contributed by atoms with Crippen LogP contribution in [0, 0.1) is 5.41 Å². The van der Waals surface area contributed by atoms with Crippen LogP contribution in [0.3, 0.4) is 0 Å². The molecule has 2 aliphatic rings. The van der Waals surface area contributed by atoms with E-state index < -0.39 is 0 Å². The fourth-order valence-electron chi connectivity index (χ4n) is 3.68. The van der Waals surface area contributed by atoms with E-state index in [0.717, 1.165) is 5.92 Å². The van der Waals surface area contributed by atoms with E-state index in [1.54, 1.807) is 11.1 Å². The molecule has 1 heteroatoms. The average molecular weight is 243 g/mol. The lowest BCUT2D eigenvalue weighted by molar-refractivity contribution is 0.206. The maximum Gasteiger partial charge on any atom is 0.00236 e. The topological polar surface area (TPSA) is 12.0 Å². The highest BCUT2D eigenvalue weighted by molar-refractivity contribution is 5.40. The van der Waals surface area contributed by atoms with Gasteiger partial charge in [0.15, 0.2) is 0 Å². The summed E-state index contributed by atoms with van der Waals surface area (Å²) in [5.74, 6) is 0.772. The van der Waals surface area contributed by atoms with Crippen LogP contribution in [-0.4, -0.2) is 13.1 Å². The molecular weight excluding hydrogens is 218 g/mol. The first kappa shape index (κ1) is 12.2. The lowest BCUT2D eigenvalue weighted by Gasteiger charge is -2.36. The summed E-state index contributed by atoms with van der Waals surface area (Å²) in [5, 5.41) is 3.74. The summed E-state index contributed by atoms with van der Waals surface area (Å²) in [4.78, 5) is 0. The van der Waals surface area contributed by atoms with Gasteiger partial charge in [-0.1, -0.05) is 50.5 Å². The summed E-state index contributed by atoms with van der Waals surface area (Å²) in [6, 6.07) is 8.90. The van der Waals surface area contributed by atoms with Gasteiger partial charge in [0.25, 0.3) is 0 Å². The first-order valence-electron chi connectivity index (χ1n) is 7.55. The van der Waals surface area contributed by atoms with Crippen molar-refractivity contribution in [2.75, 3.05) is 13.1 Å². The number of benzene rings is 1. The highest BCUT2D eigenvalue weighted by Gasteiger charge is 2.28. The molecule has 18 heavy (non-hydrogen) atoms. The van der Waals surface area contributed by atoms with Crippen LogP contribution < -0.4 is 5.32 Å². The highest BCUT2D eigenvalue weighted by atomic mass is 14.9. The van der Waals surface area contributed by atoms with Crippen molar-refractivity contribution >= 4 is 0 Å². The minimum atomic E-state index is 0.571. The zero-order chi connectivity index (χ0) is 12.4. The molecule has 0 heterocycles. The number of nitrogens with one attached hydrogen (secondary N) is 1. The Morgan fingerprint density at radius 2 is 1.94 bits per heavy atom. The summed E-state index contributed by atoms with van der Waals surface area (Å²) < 4.78 is 0. The van der Waals surface area contributed by atoms with Gasteiger partial charge >= 0.3 is 0 Å². The molecule has 2 aliphatic carbocycles. The lowest BCUT2D eigenvalue weighted by atomic mass is 9.75. The smallest absolute Gasteiger partial charge is 0.00236 e. The molecule has 1 N–H and O–H groups in total. The Bertz CT molecular complexity index is 404. The monoisotopic (exact) mass is 243 g/mol. The Balaban J connectivity index is 1.46. The normalized spacial score (nSPS) is 25.3. The molecule has 3 rings (SSSR count). The van der Waals surface area contributed by atoms with Crippen molar-refractivity contribution in [3.05, 3.63) is 35.4 Å². The number of hydrogen-bond donors (Lipinski definition) is 1. The van der Waals surface area contributed by atoms with Gasteiger partial charge in [-0.15, -0.1) is 0 Å². The van der Waals surface area contributed by atoms with Gasteiger partial charge in [0.2, 0.25) is 0 Å². The summed E-state index contributed by atoms with van der Waals surface area (Å²) in [5.41, 5.74) is 3.72. The van der Waals surface area contributed by atoms with Gasteiger partial charge in [-0.25, -0.2) is 0 Å². The van der Waals surface area contributed by atoms with Crippen molar-refractivity contribution in [1.29, 1.82) is 0 Å². The second-order valence-corrected chi connectivity index (χ2v) is 6.60. The van der Waals surface area contributed by atoms with Crippen LogP contribution in [-0.2, 0) is 6.42 Å². The van der Waals surface area contributed by atoms with Crippen molar-refractivity contribution < 1.29 is 0 Å². The molecule has 0 bridgehead atoms. The molecule has 98 valence electrons. The SMILES string of the molecule is CC1(CNCC2Cc3ccccc32)CCCCC1. The van der Waals surface area contributed by atoms with Crippen molar-refractivity contribution in [3.63, 3.8) is 0 Å². The predicted molar refractivity (Wildman–Crippen MR) is 76.9 cm³/mol. The van der Waals surface area contributed by atoms with Gasteiger partial charge in [-0.2, -0.15) is 0 Å². The van der Waals surface area contributed by atoms with Gasteiger partial charge in [0.05, 0.1) is 0 Å². The first-order chi connectivity index (χ1) is 8.77. The Hall–Kier alpha value is -0.820. The second-order valence-electron chi connectivity index (χ2n) is 6.60. The minimum Gasteiger partial charge on any atom is -0.316 e. The second kappa shape index (κ2) is 5.05. The fraction of sp³-hybridized carbons (Fsp3) is 0.647. The molecule has 1 fully saturated rings. The Labute approximate surface area is 111 Å². The van der Waals surface area contributed by atoms with E-state index in [-0.39, 0.29) is 0 Å². The zero-order valence-electron chi connectivity index (χ0n) is 11.5. The molecule has 0 aliphatic heterocycles. The highest BCUT2D eigenvalue weighted by Crippen LogP contribution is 2.36. The van der Waals surface area contributed by atoms with Crippen LogP contribution in [0.15, 0.2) is 24.3 Å². The van der Waals surface area contributed by atoms with Gasteiger partial charge in [0, 0.05) is 19.0 Å². The van der Waals surface area contributed by atoms with Gasteiger partial charge in [0.1, 0.15) is 0 Å². The quantitative estimate of drug-likeness (QED) is 0.846. The van der Waals surface area contributed by atoms with Gasteiger partial charge in [-0.05, 0) is 35.8 Å². The van der Waals surface area contributed by atoms with E-state index in [9.17, 15) is 0 Å². The Kier molecular flexibility index (Phi) is 3.43. The van der Waals surface area contributed by atoms with Crippen molar-refractivity contribution in [2.24, 2.45) is 5.41 Å². The minimum absolute atomic E-state index is 0.571. The maximum absolute atomic E-state index is 3.74. The molecule has 1 saturated carbocycles. The third-order valence-corrected chi connectivity index (χ3v) is 4.96. The third kappa shape index (κ3) is 2.47. The molecule has 1 nitrogen and oxygen atoms in total. The van der Waals surface area contributed by atoms with Crippen LogP contribution in [0.1, 0.15) is 56.1 Å². The number of rotatable bonds is 4. The van der Waals surface area contributed by atoms with E-state index in [1.807, 2.05) is 0 Å². The number of hydrogen-bond acceptors (Lipinski definition) is 1. The summed E-state index contributed by atoms with van der Waals surface area (Å²) in [6.45, 7) is 4.85. The van der Waals surface area contributed by atoms with Crippen LogP contribution in [0.2, 0.25) is 0 Å². The van der Waals surface area contributed by atoms with E-state index in [4.69, 9.17) is 0 Å². The van der Waals surface area contributed by atoms with E-state index >= 15 is 0 Å². The standard InChI is InChI=1S/C17H25N/c1-17(9-5-2-6-10-17)13-18-12-15-11-14-7-3-4-8-16(14)15/h3-4,7-8,15,18H,2,5-6,9-13H2,1H3. The Morgan fingerprint density at radius 3 is 2.72 bits per heavy atom. The fourth-order valence-corrected chi connectivity index (χ4v) is 3.68. The van der Waals surface area contributed by atoms with Crippen molar-refractivity contribution in [3.8, 4) is 0 Å². The average Bonchev–Trinajstić information content (AvgIpc) is 2.36. The molecule has 0 spiro atoms. The molecule has 1 aromatic carbocycles. The lowest BCUT2D eigenvalue weighted by Crippen LogP contribution is -2.37. The van der Waals surface area contributed by atoms with Crippen LogP contribution in [0.5, 0.6) is 0 Å². The zero-order valence-corrected chi connectivity index (χ0v) is 11.5. The summed E-state index contributed by atoms with van der Waals surface area (Å²) in [6.07, 6.45) is 8.43. The van der Waals surface area contributed by atoms with Crippen LogP contribution in [0.4, 0.5) is 0 Å². The van der Waals surface area contributed by atoms with E-state index in [0.29, 0.717) is 5.41 Å². The largest absolute Gasteiger partial charge is 0.316 e. The molecule has 0 aromatic heterocycles. The molecule has 1 unspecified atom stereocenters. The molecular formula is C17H25N. The molecule has 1 atom stereocenters. The Morgan fingerprint density at radius 1 is 1.17 bits per heavy atom. The molecule has 1 aromatic rings. The first-order valence-corrected chi connectivity index (χ1v) is 7.55. The van der Waals surface area contributed by atoms with E-state index in [2.05, 4.69) is 36.5 Å².